The molecule has 56 heavy (non-hydrogen) atoms. The molecule has 3 saturated heterocycles. The van der Waals surface area contributed by atoms with Gasteiger partial charge in [-0.2, -0.15) is 4.98 Å². The Bertz CT molecular complexity index is 2190. The Morgan fingerprint density at radius 3 is 2.34 bits per heavy atom. The quantitative estimate of drug-likeness (QED) is 0.195. The largest absolute Gasteiger partial charge is 0.369 e. The predicted octanol–water partition coefficient (Wildman–Crippen LogP) is 5.57. The SMILES string of the molecule is CC(=O)c1c(C)c2cnc(Nc3ccc(N4CCN(CCC5CCN(c6cccc(N7CCC(=O)NC7=O)c6F)CC5)CC4)cn3)nc2n(C2CCCC2)c1=O. The minimum atomic E-state index is -0.580. The van der Waals surface area contributed by atoms with Gasteiger partial charge in [-0.05, 0) is 88.2 Å². The fourth-order valence-corrected chi connectivity index (χ4v) is 8.88. The number of amides is 3. The van der Waals surface area contributed by atoms with Crippen molar-refractivity contribution in [3.63, 3.8) is 0 Å². The van der Waals surface area contributed by atoms with Gasteiger partial charge in [-0.1, -0.05) is 18.9 Å². The van der Waals surface area contributed by atoms with Crippen molar-refractivity contribution in [3.8, 4) is 0 Å². The number of halogens is 1. The number of fused-ring (bicyclic) bond motifs is 1. The van der Waals surface area contributed by atoms with Crippen molar-refractivity contribution in [2.75, 3.05) is 72.4 Å². The molecule has 0 spiro atoms. The van der Waals surface area contributed by atoms with Gasteiger partial charge in [0.1, 0.15) is 11.5 Å². The number of nitrogens with one attached hydrogen (secondary N) is 2. The molecule has 1 aromatic carbocycles. The van der Waals surface area contributed by atoms with E-state index in [2.05, 4.69) is 41.4 Å². The number of carbonyl (C=O) groups is 3. The van der Waals surface area contributed by atoms with Crippen LogP contribution >= 0.6 is 0 Å². The number of piperazine rings is 1. The van der Waals surface area contributed by atoms with E-state index >= 15 is 4.39 Å². The molecule has 4 aliphatic rings. The third-order valence-electron chi connectivity index (χ3n) is 12.1. The van der Waals surface area contributed by atoms with E-state index in [1.54, 1.807) is 35.9 Å². The van der Waals surface area contributed by atoms with Crippen LogP contribution in [0.3, 0.4) is 0 Å². The van der Waals surface area contributed by atoms with Crippen molar-refractivity contribution < 1.29 is 18.8 Å². The first-order chi connectivity index (χ1) is 27.1. The van der Waals surface area contributed by atoms with Gasteiger partial charge in [0, 0.05) is 69.9 Å². The van der Waals surface area contributed by atoms with E-state index in [1.807, 2.05) is 12.3 Å². The summed E-state index contributed by atoms with van der Waals surface area (Å²) < 4.78 is 17.3. The average molecular weight is 765 g/mol. The van der Waals surface area contributed by atoms with Crippen LogP contribution in [0.25, 0.3) is 11.0 Å². The minimum absolute atomic E-state index is 0.0127. The van der Waals surface area contributed by atoms with Gasteiger partial charge in [-0.15, -0.1) is 0 Å². The zero-order chi connectivity index (χ0) is 38.9. The number of carbonyl (C=O) groups excluding carboxylic acids is 3. The molecule has 0 unspecified atom stereocenters. The number of aryl methyl sites for hydroxylation is 1. The standard InChI is InChI=1S/C41H49FN10O4/c1-26-31-25-44-40(47-38(31)52(29-6-3-4-7-29)39(55)36(26)27(2)53)45-34-11-10-30(24-43-34)49-22-20-48(21-23-49)16-12-28-13-17-50(18-14-28)32-8-5-9-33(37(32)42)51-19-15-35(54)46-41(51)56/h5,8-11,24-25,28-29H,3-4,6-7,12-23H2,1-2H3,(H,46,54,56)(H,43,44,45,47). The van der Waals surface area contributed by atoms with Gasteiger partial charge in [0.05, 0.1) is 28.8 Å². The van der Waals surface area contributed by atoms with Crippen LogP contribution in [0.1, 0.15) is 80.3 Å². The topological polar surface area (TPSA) is 149 Å². The van der Waals surface area contributed by atoms with Gasteiger partial charge in [0.25, 0.3) is 5.56 Å². The molecule has 0 bridgehead atoms. The summed E-state index contributed by atoms with van der Waals surface area (Å²) in [6.07, 6.45) is 10.6. The molecule has 14 nitrogen and oxygen atoms in total. The van der Waals surface area contributed by atoms with Crippen LogP contribution in [0.4, 0.5) is 38.0 Å². The number of nitrogens with zero attached hydrogens (tertiary/aromatic N) is 8. The van der Waals surface area contributed by atoms with E-state index in [1.165, 1.54) is 11.8 Å². The number of rotatable bonds is 10. The Morgan fingerprint density at radius 2 is 1.64 bits per heavy atom. The summed E-state index contributed by atoms with van der Waals surface area (Å²) in [7, 11) is 0. The summed E-state index contributed by atoms with van der Waals surface area (Å²) in [6.45, 7) is 9.69. The van der Waals surface area contributed by atoms with Gasteiger partial charge in [-0.3, -0.25) is 34.1 Å². The number of urea groups is 1. The van der Waals surface area contributed by atoms with E-state index in [0.717, 1.165) is 96.4 Å². The maximum absolute atomic E-state index is 15.6. The predicted molar refractivity (Wildman–Crippen MR) is 214 cm³/mol. The summed E-state index contributed by atoms with van der Waals surface area (Å²) in [5.74, 6) is 0.531. The number of aromatic nitrogens is 4. The van der Waals surface area contributed by atoms with Gasteiger partial charge in [0.2, 0.25) is 11.9 Å². The summed E-state index contributed by atoms with van der Waals surface area (Å²) in [4.78, 5) is 72.2. The van der Waals surface area contributed by atoms with Crippen LogP contribution in [-0.2, 0) is 4.79 Å². The highest BCUT2D eigenvalue weighted by atomic mass is 19.1. The number of ketones is 1. The summed E-state index contributed by atoms with van der Waals surface area (Å²) in [5.41, 5.74) is 2.88. The molecular formula is C41H49FN10O4. The van der Waals surface area contributed by atoms with Crippen LogP contribution in [-0.4, -0.2) is 94.5 Å². The zero-order valence-electron chi connectivity index (χ0n) is 32.1. The van der Waals surface area contributed by atoms with Gasteiger partial charge in [0.15, 0.2) is 11.6 Å². The van der Waals surface area contributed by atoms with Crippen LogP contribution in [0.5, 0.6) is 0 Å². The third-order valence-corrected chi connectivity index (χ3v) is 12.1. The van der Waals surface area contributed by atoms with E-state index in [9.17, 15) is 19.2 Å². The molecule has 3 amide bonds. The van der Waals surface area contributed by atoms with Gasteiger partial charge in [-0.25, -0.2) is 19.2 Å². The maximum atomic E-state index is 15.6. The number of pyridine rings is 2. The van der Waals surface area contributed by atoms with Crippen molar-refractivity contribution in [2.24, 2.45) is 5.92 Å². The Balaban J connectivity index is 0.824. The van der Waals surface area contributed by atoms with Crippen LogP contribution < -0.4 is 30.9 Å². The van der Waals surface area contributed by atoms with Crippen molar-refractivity contribution in [2.45, 2.75) is 71.3 Å². The summed E-state index contributed by atoms with van der Waals surface area (Å²) in [5, 5.41) is 6.20. The number of benzene rings is 1. The van der Waals surface area contributed by atoms with Gasteiger partial charge >= 0.3 is 6.03 Å². The van der Waals surface area contributed by atoms with Crippen molar-refractivity contribution >= 4 is 57.6 Å². The Hall–Kier alpha value is -5.44. The molecule has 2 N–H and O–H groups in total. The first-order valence-electron chi connectivity index (χ1n) is 19.9. The normalized spacial score (nSPS) is 18.9. The molecule has 8 rings (SSSR count). The number of Topliss-reactive ketones (excluding diaryl/α,β-unsaturated/α-hetero) is 1. The Morgan fingerprint density at radius 1 is 0.893 bits per heavy atom. The lowest BCUT2D eigenvalue weighted by Gasteiger charge is -2.38. The van der Waals surface area contributed by atoms with E-state index < -0.39 is 11.8 Å². The number of imide groups is 1. The molecule has 294 valence electrons. The van der Waals surface area contributed by atoms with Crippen LogP contribution in [0.2, 0.25) is 0 Å². The molecule has 3 aromatic heterocycles. The van der Waals surface area contributed by atoms with Crippen LogP contribution in [0.15, 0.2) is 47.5 Å². The molecule has 0 radical (unpaired) electrons. The Kier molecular flexibility index (Phi) is 10.7. The number of piperidine rings is 1. The third kappa shape index (κ3) is 7.56. The number of hydrogen-bond donors (Lipinski definition) is 2. The minimum Gasteiger partial charge on any atom is -0.369 e. The van der Waals surface area contributed by atoms with Crippen molar-refractivity contribution in [1.29, 1.82) is 0 Å². The second kappa shape index (κ2) is 16.0. The van der Waals surface area contributed by atoms with E-state index in [4.69, 9.17) is 4.98 Å². The first-order valence-corrected chi connectivity index (χ1v) is 19.9. The highest BCUT2D eigenvalue weighted by Crippen LogP contribution is 2.34. The monoisotopic (exact) mass is 764 g/mol. The fraction of sp³-hybridized carbons (Fsp3) is 0.488. The first kappa shape index (κ1) is 37.5. The smallest absolute Gasteiger partial charge is 0.328 e. The molecule has 0 atom stereocenters. The van der Waals surface area contributed by atoms with Crippen LogP contribution in [0, 0.1) is 18.7 Å². The molecule has 4 aromatic rings. The second-order valence-corrected chi connectivity index (χ2v) is 15.5. The van der Waals surface area contributed by atoms with Crippen molar-refractivity contribution in [3.05, 3.63) is 70.0 Å². The zero-order valence-corrected chi connectivity index (χ0v) is 32.1. The molecule has 1 aliphatic carbocycles. The second-order valence-electron chi connectivity index (χ2n) is 15.5. The maximum Gasteiger partial charge on any atom is 0.328 e. The molecule has 6 heterocycles. The Labute approximate surface area is 325 Å². The average Bonchev–Trinajstić information content (AvgIpc) is 3.73. The van der Waals surface area contributed by atoms with Gasteiger partial charge < -0.3 is 15.1 Å². The fourth-order valence-electron chi connectivity index (χ4n) is 8.88. The molecule has 3 aliphatic heterocycles. The molecule has 15 heteroatoms. The molecular weight excluding hydrogens is 716 g/mol. The lowest BCUT2D eigenvalue weighted by atomic mass is 9.93. The number of anilines is 5. The lowest BCUT2D eigenvalue weighted by Crippen LogP contribution is -2.50. The number of hydrogen-bond acceptors (Lipinski definition) is 11. The molecule has 4 fully saturated rings. The van der Waals surface area contributed by atoms with E-state index in [0.29, 0.717) is 40.0 Å². The lowest BCUT2D eigenvalue weighted by molar-refractivity contribution is -0.120. The summed E-state index contributed by atoms with van der Waals surface area (Å²) in [6, 6.07) is 8.55. The van der Waals surface area contributed by atoms with Crippen molar-refractivity contribution in [1.82, 2.24) is 29.7 Å². The highest BCUT2D eigenvalue weighted by molar-refractivity contribution is 6.06. The summed E-state index contributed by atoms with van der Waals surface area (Å²) >= 11 is 0. The highest BCUT2D eigenvalue weighted by Gasteiger charge is 2.30. The van der Waals surface area contributed by atoms with E-state index in [-0.39, 0.29) is 47.5 Å². The molecule has 1 saturated carbocycles.